The Balaban J connectivity index is 1.80. The Hall–Kier alpha value is -1.56. The Bertz CT molecular complexity index is 458. The molecule has 0 bridgehead atoms. The van der Waals surface area contributed by atoms with E-state index in [1.165, 1.54) is 0 Å². The second-order valence-corrected chi connectivity index (χ2v) is 6.04. The van der Waals surface area contributed by atoms with Crippen molar-refractivity contribution in [2.24, 2.45) is 11.8 Å². The average Bonchev–Trinajstić information content (AvgIpc) is 3.05. The number of ether oxygens (including phenoxy) is 1. The number of hydrogen-bond acceptors (Lipinski definition) is 3. The number of hydrogen-bond donors (Lipinski definition) is 1. The van der Waals surface area contributed by atoms with E-state index in [1.54, 1.807) is 6.20 Å². The molecule has 21 heavy (non-hydrogen) atoms. The molecule has 2 heterocycles. The van der Waals surface area contributed by atoms with E-state index in [9.17, 15) is 4.79 Å². The molecule has 118 valence electrons. The van der Waals surface area contributed by atoms with Gasteiger partial charge in [0, 0.05) is 38.4 Å². The predicted molar refractivity (Wildman–Crippen MR) is 82.3 cm³/mol. The number of urea groups is 1. The van der Waals surface area contributed by atoms with E-state index in [1.807, 2.05) is 22.7 Å². The van der Waals surface area contributed by atoms with E-state index in [2.05, 4.69) is 24.3 Å². The van der Waals surface area contributed by atoms with Crippen molar-refractivity contribution in [1.29, 1.82) is 0 Å². The SMILES string of the molecule is CCOCC1CCN(C(=O)Nc2cnn(CC(C)C)c2)C1. The monoisotopic (exact) mass is 294 g/mol. The fourth-order valence-corrected chi connectivity index (χ4v) is 2.54. The minimum atomic E-state index is -0.0434. The van der Waals surface area contributed by atoms with E-state index in [4.69, 9.17) is 4.74 Å². The standard InChI is InChI=1S/C15H26N4O2/c1-4-21-11-13-5-6-18(9-13)15(20)17-14-7-16-19(10-14)8-12(2)3/h7,10,12-13H,4-6,8-9,11H2,1-3H3,(H,17,20). The Morgan fingerprint density at radius 2 is 2.38 bits per heavy atom. The molecule has 1 aliphatic rings. The Labute approximate surface area is 126 Å². The molecule has 0 aliphatic carbocycles. The van der Waals surface area contributed by atoms with Gasteiger partial charge in [0.15, 0.2) is 0 Å². The molecular formula is C15H26N4O2. The summed E-state index contributed by atoms with van der Waals surface area (Å²) in [4.78, 5) is 14.1. The summed E-state index contributed by atoms with van der Waals surface area (Å²) < 4.78 is 7.30. The highest BCUT2D eigenvalue weighted by molar-refractivity contribution is 5.89. The topological polar surface area (TPSA) is 59.4 Å². The fourth-order valence-electron chi connectivity index (χ4n) is 2.54. The fraction of sp³-hybridized carbons (Fsp3) is 0.733. The number of likely N-dealkylation sites (tertiary alicyclic amines) is 1. The maximum Gasteiger partial charge on any atom is 0.321 e. The zero-order valence-corrected chi connectivity index (χ0v) is 13.2. The summed E-state index contributed by atoms with van der Waals surface area (Å²) in [6.07, 6.45) is 4.60. The number of carbonyl (C=O) groups is 1. The molecule has 1 aromatic rings. The van der Waals surface area contributed by atoms with Crippen molar-refractivity contribution in [2.45, 2.75) is 33.7 Å². The van der Waals surface area contributed by atoms with Gasteiger partial charge < -0.3 is 15.0 Å². The van der Waals surface area contributed by atoms with Crippen LogP contribution in [0.5, 0.6) is 0 Å². The van der Waals surface area contributed by atoms with E-state index in [0.717, 1.165) is 45.0 Å². The van der Waals surface area contributed by atoms with Crippen molar-refractivity contribution in [2.75, 3.05) is 31.6 Å². The zero-order chi connectivity index (χ0) is 15.2. The van der Waals surface area contributed by atoms with Crippen LogP contribution >= 0.6 is 0 Å². The van der Waals surface area contributed by atoms with Gasteiger partial charge in [-0.3, -0.25) is 4.68 Å². The third-order valence-electron chi connectivity index (χ3n) is 3.57. The predicted octanol–water partition coefficient (Wildman–Crippen LogP) is 2.43. The number of rotatable bonds is 6. The number of nitrogens with one attached hydrogen (secondary N) is 1. The number of anilines is 1. The first-order chi connectivity index (χ1) is 10.1. The van der Waals surface area contributed by atoms with E-state index < -0.39 is 0 Å². The minimum absolute atomic E-state index is 0.0434. The molecule has 1 unspecified atom stereocenters. The van der Waals surface area contributed by atoms with Gasteiger partial charge in [0.2, 0.25) is 0 Å². The van der Waals surface area contributed by atoms with Crippen LogP contribution in [0.4, 0.5) is 10.5 Å². The van der Waals surface area contributed by atoms with Crippen molar-refractivity contribution >= 4 is 11.7 Å². The van der Waals surface area contributed by atoms with Crippen LogP contribution in [-0.2, 0) is 11.3 Å². The molecular weight excluding hydrogens is 268 g/mol. The molecule has 2 amide bonds. The minimum Gasteiger partial charge on any atom is -0.381 e. The van der Waals surface area contributed by atoms with Gasteiger partial charge in [0.1, 0.15) is 0 Å². The molecule has 1 fully saturated rings. The van der Waals surface area contributed by atoms with Crippen LogP contribution in [0.25, 0.3) is 0 Å². The molecule has 1 N–H and O–H groups in total. The first kappa shape index (κ1) is 15.8. The third kappa shape index (κ3) is 4.74. The van der Waals surface area contributed by atoms with E-state index in [0.29, 0.717) is 11.8 Å². The van der Waals surface area contributed by atoms with Gasteiger partial charge in [-0.25, -0.2) is 4.79 Å². The van der Waals surface area contributed by atoms with Crippen molar-refractivity contribution < 1.29 is 9.53 Å². The molecule has 0 aromatic carbocycles. The van der Waals surface area contributed by atoms with Crippen LogP contribution in [0.3, 0.4) is 0 Å². The number of carbonyl (C=O) groups excluding carboxylic acids is 1. The molecule has 6 nitrogen and oxygen atoms in total. The summed E-state index contributed by atoms with van der Waals surface area (Å²) in [5.41, 5.74) is 0.758. The molecule has 0 saturated carbocycles. The van der Waals surface area contributed by atoms with Gasteiger partial charge in [-0.1, -0.05) is 13.8 Å². The maximum absolute atomic E-state index is 12.2. The largest absolute Gasteiger partial charge is 0.381 e. The van der Waals surface area contributed by atoms with Crippen LogP contribution in [0.2, 0.25) is 0 Å². The van der Waals surface area contributed by atoms with Gasteiger partial charge >= 0.3 is 6.03 Å². The van der Waals surface area contributed by atoms with Crippen LogP contribution in [0.15, 0.2) is 12.4 Å². The zero-order valence-electron chi connectivity index (χ0n) is 13.2. The summed E-state index contributed by atoms with van der Waals surface area (Å²) in [6, 6.07) is -0.0434. The molecule has 0 radical (unpaired) electrons. The molecule has 1 aliphatic heterocycles. The number of nitrogens with zero attached hydrogens (tertiary/aromatic N) is 3. The highest BCUT2D eigenvalue weighted by Gasteiger charge is 2.26. The van der Waals surface area contributed by atoms with Crippen molar-refractivity contribution in [1.82, 2.24) is 14.7 Å². The number of aromatic nitrogens is 2. The van der Waals surface area contributed by atoms with E-state index in [-0.39, 0.29) is 6.03 Å². The summed E-state index contributed by atoms with van der Waals surface area (Å²) in [5, 5.41) is 7.17. The average molecular weight is 294 g/mol. The number of amides is 2. The first-order valence-electron chi connectivity index (χ1n) is 7.74. The lowest BCUT2D eigenvalue weighted by Gasteiger charge is -2.16. The highest BCUT2D eigenvalue weighted by Crippen LogP contribution is 2.18. The first-order valence-corrected chi connectivity index (χ1v) is 7.74. The lowest BCUT2D eigenvalue weighted by molar-refractivity contribution is 0.113. The summed E-state index contributed by atoms with van der Waals surface area (Å²) in [6.45, 7) is 10.2. The van der Waals surface area contributed by atoms with Crippen molar-refractivity contribution in [3.05, 3.63) is 12.4 Å². The van der Waals surface area contributed by atoms with Gasteiger partial charge in [0.05, 0.1) is 18.5 Å². The molecule has 6 heteroatoms. The van der Waals surface area contributed by atoms with Crippen molar-refractivity contribution in [3.63, 3.8) is 0 Å². The van der Waals surface area contributed by atoms with Crippen LogP contribution < -0.4 is 5.32 Å². The molecule has 0 spiro atoms. The summed E-state index contributed by atoms with van der Waals surface area (Å²) in [7, 11) is 0. The van der Waals surface area contributed by atoms with Gasteiger partial charge in [-0.05, 0) is 19.3 Å². The maximum atomic E-state index is 12.2. The lowest BCUT2D eigenvalue weighted by atomic mass is 10.1. The second kappa shape index (κ2) is 7.45. The van der Waals surface area contributed by atoms with Crippen molar-refractivity contribution in [3.8, 4) is 0 Å². The van der Waals surface area contributed by atoms with Gasteiger partial charge in [0.25, 0.3) is 0 Å². The molecule has 1 saturated heterocycles. The Morgan fingerprint density at radius 1 is 1.57 bits per heavy atom. The Morgan fingerprint density at radius 3 is 3.10 bits per heavy atom. The highest BCUT2D eigenvalue weighted by atomic mass is 16.5. The van der Waals surface area contributed by atoms with Crippen LogP contribution in [-0.4, -0.2) is 47.0 Å². The lowest BCUT2D eigenvalue weighted by Crippen LogP contribution is -2.33. The van der Waals surface area contributed by atoms with E-state index >= 15 is 0 Å². The Kier molecular flexibility index (Phi) is 5.61. The molecule has 1 atom stereocenters. The normalized spacial score (nSPS) is 18.5. The van der Waals surface area contributed by atoms with Gasteiger partial charge in [-0.2, -0.15) is 5.10 Å². The quantitative estimate of drug-likeness (QED) is 0.876. The summed E-state index contributed by atoms with van der Waals surface area (Å²) >= 11 is 0. The second-order valence-electron chi connectivity index (χ2n) is 6.04. The van der Waals surface area contributed by atoms with Crippen LogP contribution in [0, 0.1) is 11.8 Å². The van der Waals surface area contributed by atoms with Gasteiger partial charge in [-0.15, -0.1) is 0 Å². The molecule has 1 aromatic heterocycles. The summed E-state index contributed by atoms with van der Waals surface area (Å²) in [5.74, 6) is 0.991. The smallest absolute Gasteiger partial charge is 0.321 e. The third-order valence-corrected chi connectivity index (χ3v) is 3.57. The van der Waals surface area contributed by atoms with Crippen LogP contribution in [0.1, 0.15) is 27.2 Å². The molecule has 2 rings (SSSR count).